The highest BCUT2D eigenvalue weighted by atomic mass is 16.1. The number of nitrogens with zero attached hydrogens (tertiary/aromatic N) is 2. The Hall–Kier alpha value is -2.88. The smallest absolute Gasteiger partial charge is 0.255 e. The number of carbonyl (C=O) groups excluding carboxylic acids is 1. The summed E-state index contributed by atoms with van der Waals surface area (Å²) in [5.74, 6) is -0.118. The van der Waals surface area contributed by atoms with Crippen molar-refractivity contribution in [2.75, 3.05) is 5.32 Å². The van der Waals surface area contributed by atoms with E-state index < -0.39 is 0 Å². The summed E-state index contributed by atoms with van der Waals surface area (Å²) in [7, 11) is 0. The van der Waals surface area contributed by atoms with Gasteiger partial charge in [-0.15, -0.1) is 0 Å². The highest BCUT2D eigenvalue weighted by Crippen LogP contribution is 2.13. The van der Waals surface area contributed by atoms with Gasteiger partial charge in [-0.05, 0) is 42.2 Å². The molecule has 0 spiro atoms. The second-order valence-electron chi connectivity index (χ2n) is 5.86. The van der Waals surface area contributed by atoms with Gasteiger partial charge >= 0.3 is 0 Å². The fraction of sp³-hybridized carbons (Fsp3) is 0.200. The zero-order valence-electron chi connectivity index (χ0n) is 14.0. The Bertz CT molecular complexity index is 834. The molecular formula is C20H21N3O. The van der Waals surface area contributed by atoms with E-state index in [-0.39, 0.29) is 5.91 Å². The van der Waals surface area contributed by atoms with E-state index in [1.165, 1.54) is 16.7 Å². The zero-order valence-corrected chi connectivity index (χ0v) is 14.0. The molecule has 0 aliphatic heterocycles. The first-order valence-electron chi connectivity index (χ1n) is 8.13. The number of carbonyl (C=O) groups is 1. The maximum atomic E-state index is 12.3. The Morgan fingerprint density at radius 2 is 1.88 bits per heavy atom. The number of hydrogen-bond acceptors (Lipinski definition) is 2. The summed E-state index contributed by atoms with van der Waals surface area (Å²) in [6.45, 7) is 4.87. The quantitative estimate of drug-likeness (QED) is 0.771. The molecule has 0 saturated heterocycles. The van der Waals surface area contributed by atoms with Crippen molar-refractivity contribution in [1.82, 2.24) is 9.78 Å². The Balaban J connectivity index is 1.67. The molecule has 0 aliphatic carbocycles. The highest BCUT2D eigenvalue weighted by Gasteiger charge is 2.08. The zero-order chi connectivity index (χ0) is 16.9. The third-order valence-electron chi connectivity index (χ3n) is 4.11. The largest absolute Gasteiger partial charge is 0.319 e. The average Bonchev–Trinajstić information content (AvgIpc) is 3.04. The van der Waals surface area contributed by atoms with Crippen molar-refractivity contribution in [3.8, 4) is 0 Å². The van der Waals surface area contributed by atoms with Crippen LogP contribution in [0.4, 0.5) is 5.69 Å². The average molecular weight is 319 g/mol. The molecule has 3 aromatic rings. The Kier molecular flexibility index (Phi) is 4.75. The van der Waals surface area contributed by atoms with Crippen molar-refractivity contribution in [2.24, 2.45) is 0 Å². The minimum atomic E-state index is -0.118. The summed E-state index contributed by atoms with van der Waals surface area (Å²) in [6, 6.07) is 15.9. The SMILES string of the molecule is CCc1ccc(C(=O)Nc2cnn(Cc3ccccc3C)c2)cc1. The highest BCUT2D eigenvalue weighted by molar-refractivity contribution is 6.04. The maximum Gasteiger partial charge on any atom is 0.255 e. The minimum Gasteiger partial charge on any atom is -0.319 e. The molecule has 1 amide bonds. The van der Waals surface area contributed by atoms with E-state index >= 15 is 0 Å². The van der Waals surface area contributed by atoms with Crippen molar-refractivity contribution in [3.63, 3.8) is 0 Å². The van der Waals surface area contributed by atoms with Crippen LogP contribution in [0.25, 0.3) is 0 Å². The van der Waals surface area contributed by atoms with Gasteiger partial charge in [0, 0.05) is 11.8 Å². The molecule has 24 heavy (non-hydrogen) atoms. The first-order chi connectivity index (χ1) is 11.7. The predicted octanol–water partition coefficient (Wildman–Crippen LogP) is 4.05. The summed E-state index contributed by atoms with van der Waals surface area (Å²) in [6.07, 6.45) is 4.49. The third-order valence-corrected chi connectivity index (χ3v) is 4.11. The van der Waals surface area contributed by atoms with E-state index in [1.54, 1.807) is 6.20 Å². The van der Waals surface area contributed by atoms with Crippen molar-refractivity contribution < 1.29 is 4.79 Å². The molecule has 0 atom stereocenters. The number of amides is 1. The second kappa shape index (κ2) is 7.13. The van der Waals surface area contributed by atoms with Crippen LogP contribution >= 0.6 is 0 Å². The van der Waals surface area contributed by atoms with Crippen LogP contribution in [0.5, 0.6) is 0 Å². The Morgan fingerprint density at radius 3 is 2.58 bits per heavy atom. The summed E-state index contributed by atoms with van der Waals surface area (Å²) < 4.78 is 1.83. The third kappa shape index (κ3) is 3.71. The van der Waals surface area contributed by atoms with E-state index in [0.717, 1.165) is 6.42 Å². The van der Waals surface area contributed by atoms with Crippen molar-refractivity contribution >= 4 is 11.6 Å². The van der Waals surface area contributed by atoms with Crippen LogP contribution < -0.4 is 5.32 Å². The van der Waals surface area contributed by atoms with Crippen molar-refractivity contribution in [2.45, 2.75) is 26.8 Å². The standard InChI is InChI=1S/C20H21N3O/c1-3-16-8-10-17(11-9-16)20(24)22-19-12-21-23(14-19)13-18-7-5-4-6-15(18)2/h4-12,14H,3,13H2,1-2H3,(H,22,24). The topological polar surface area (TPSA) is 46.9 Å². The molecule has 0 aliphatic rings. The maximum absolute atomic E-state index is 12.3. The van der Waals surface area contributed by atoms with Gasteiger partial charge in [-0.3, -0.25) is 9.48 Å². The Morgan fingerprint density at radius 1 is 1.12 bits per heavy atom. The molecular weight excluding hydrogens is 298 g/mol. The number of nitrogens with one attached hydrogen (secondary N) is 1. The normalized spacial score (nSPS) is 10.6. The molecule has 4 nitrogen and oxygen atoms in total. The number of aryl methyl sites for hydroxylation is 2. The van der Waals surface area contributed by atoms with E-state index in [4.69, 9.17) is 0 Å². The van der Waals surface area contributed by atoms with Crippen LogP contribution in [0.15, 0.2) is 60.9 Å². The van der Waals surface area contributed by atoms with Crippen LogP contribution in [0, 0.1) is 6.92 Å². The van der Waals surface area contributed by atoms with Gasteiger partial charge in [0.05, 0.1) is 18.4 Å². The van der Waals surface area contributed by atoms with E-state index in [2.05, 4.69) is 36.4 Å². The van der Waals surface area contributed by atoms with Crippen molar-refractivity contribution in [3.05, 3.63) is 83.2 Å². The molecule has 122 valence electrons. The number of hydrogen-bond donors (Lipinski definition) is 1. The lowest BCUT2D eigenvalue weighted by atomic mass is 10.1. The fourth-order valence-corrected chi connectivity index (χ4v) is 2.57. The minimum absolute atomic E-state index is 0.118. The van der Waals surface area contributed by atoms with Gasteiger partial charge in [0.15, 0.2) is 0 Å². The van der Waals surface area contributed by atoms with Crippen molar-refractivity contribution in [1.29, 1.82) is 0 Å². The summed E-state index contributed by atoms with van der Waals surface area (Å²) in [5, 5.41) is 7.22. The van der Waals surface area contributed by atoms with Gasteiger partial charge in [0.2, 0.25) is 0 Å². The number of rotatable bonds is 5. The molecule has 1 heterocycles. The molecule has 0 unspecified atom stereocenters. The van der Waals surface area contributed by atoms with Crippen LogP contribution in [0.2, 0.25) is 0 Å². The summed E-state index contributed by atoms with van der Waals surface area (Å²) in [5.41, 5.74) is 5.02. The first kappa shape index (κ1) is 16.0. The monoisotopic (exact) mass is 319 g/mol. The molecule has 4 heteroatoms. The molecule has 0 saturated carbocycles. The van der Waals surface area contributed by atoms with Crippen LogP contribution in [0.1, 0.15) is 34.0 Å². The molecule has 2 aromatic carbocycles. The van der Waals surface area contributed by atoms with Gasteiger partial charge < -0.3 is 5.32 Å². The molecule has 0 fully saturated rings. The molecule has 3 rings (SSSR count). The van der Waals surface area contributed by atoms with Crippen LogP contribution in [0.3, 0.4) is 0 Å². The number of anilines is 1. The molecule has 0 bridgehead atoms. The molecule has 1 N–H and O–H groups in total. The van der Waals surface area contributed by atoms with Gasteiger partial charge in [0.1, 0.15) is 0 Å². The predicted molar refractivity (Wildman–Crippen MR) is 96.3 cm³/mol. The van der Waals surface area contributed by atoms with E-state index in [9.17, 15) is 4.79 Å². The Labute approximate surface area is 142 Å². The van der Waals surface area contributed by atoms with E-state index in [1.807, 2.05) is 47.3 Å². The fourth-order valence-electron chi connectivity index (χ4n) is 2.57. The van der Waals surface area contributed by atoms with E-state index in [0.29, 0.717) is 17.8 Å². The molecule has 1 aromatic heterocycles. The van der Waals surface area contributed by atoms with Crippen LogP contribution in [-0.4, -0.2) is 15.7 Å². The number of aromatic nitrogens is 2. The van der Waals surface area contributed by atoms with Gasteiger partial charge in [-0.2, -0.15) is 5.10 Å². The van der Waals surface area contributed by atoms with Gasteiger partial charge in [-0.25, -0.2) is 0 Å². The number of benzene rings is 2. The molecule has 0 radical (unpaired) electrons. The summed E-state index contributed by atoms with van der Waals surface area (Å²) >= 11 is 0. The van der Waals surface area contributed by atoms with Gasteiger partial charge in [0.25, 0.3) is 5.91 Å². The lowest BCUT2D eigenvalue weighted by Gasteiger charge is -2.05. The first-order valence-corrected chi connectivity index (χ1v) is 8.13. The van der Waals surface area contributed by atoms with Gasteiger partial charge in [-0.1, -0.05) is 43.3 Å². The van der Waals surface area contributed by atoms with Crippen LogP contribution in [-0.2, 0) is 13.0 Å². The lowest BCUT2D eigenvalue weighted by molar-refractivity contribution is 0.102. The second-order valence-corrected chi connectivity index (χ2v) is 5.86. The lowest BCUT2D eigenvalue weighted by Crippen LogP contribution is -2.11. The summed E-state index contributed by atoms with van der Waals surface area (Å²) in [4.78, 5) is 12.3.